The average molecular weight is 268 g/mol. The van der Waals surface area contributed by atoms with Crippen LogP contribution < -0.4 is 0 Å². The van der Waals surface area contributed by atoms with Gasteiger partial charge < -0.3 is 14.2 Å². The Balaban J connectivity index is 2.25. The van der Waals surface area contributed by atoms with Gasteiger partial charge in [0.15, 0.2) is 6.79 Å². The zero-order valence-corrected chi connectivity index (χ0v) is 11.7. The Kier molecular flexibility index (Phi) is 7.45. The van der Waals surface area contributed by atoms with Gasteiger partial charge in [-0.05, 0) is 19.8 Å². The highest BCUT2D eigenvalue weighted by Gasteiger charge is 2.22. The predicted molar refractivity (Wildman–Crippen MR) is 73.7 cm³/mol. The SMILES string of the molecule is C=CCOCOC(=O)C(=C)C(C)OC1CCCCC1. The lowest BCUT2D eigenvalue weighted by Crippen LogP contribution is -2.27. The molecule has 1 rings (SSSR count). The molecule has 0 spiro atoms. The monoisotopic (exact) mass is 268 g/mol. The van der Waals surface area contributed by atoms with Crippen LogP contribution in [0.15, 0.2) is 24.8 Å². The van der Waals surface area contributed by atoms with Crippen LogP contribution in [-0.4, -0.2) is 31.6 Å². The molecule has 108 valence electrons. The molecular formula is C15H24O4. The van der Waals surface area contributed by atoms with Crippen LogP contribution in [0.2, 0.25) is 0 Å². The van der Waals surface area contributed by atoms with Crippen molar-refractivity contribution in [1.82, 2.24) is 0 Å². The fourth-order valence-electron chi connectivity index (χ4n) is 2.06. The normalized spacial score (nSPS) is 17.7. The van der Waals surface area contributed by atoms with Crippen molar-refractivity contribution in [3.05, 3.63) is 24.8 Å². The van der Waals surface area contributed by atoms with Gasteiger partial charge in [-0.1, -0.05) is 31.9 Å². The average Bonchev–Trinajstić information content (AvgIpc) is 2.43. The maximum absolute atomic E-state index is 11.7. The largest absolute Gasteiger partial charge is 0.435 e. The van der Waals surface area contributed by atoms with Gasteiger partial charge in [-0.3, -0.25) is 0 Å². The van der Waals surface area contributed by atoms with Gasteiger partial charge in [-0.15, -0.1) is 6.58 Å². The molecule has 1 saturated carbocycles. The lowest BCUT2D eigenvalue weighted by molar-refractivity contribution is -0.152. The summed E-state index contributed by atoms with van der Waals surface area (Å²) in [6, 6.07) is 0. The van der Waals surface area contributed by atoms with E-state index in [9.17, 15) is 4.79 Å². The van der Waals surface area contributed by atoms with Crippen molar-refractivity contribution in [3.63, 3.8) is 0 Å². The smallest absolute Gasteiger partial charge is 0.338 e. The van der Waals surface area contributed by atoms with Crippen molar-refractivity contribution in [1.29, 1.82) is 0 Å². The number of esters is 1. The Labute approximate surface area is 115 Å². The fraction of sp³-hybridized carbons (Fsp3) is 0.667. The molecule has 1 fully saturated rings. The molecule has 19 heavy (non-hydrogen) atoms. The van der Waals surface area contributed by atoms with Crippen molar-refractivity contribution >= 4 is 5.97 Å². The van der Waals surface area contributed by atoms with Crippen molar-refractivity contribution in [3.8, 4) is 0 Å². The molecule has 0 aliphatic heterocycles. The Morgan fingerprint density at radius 2 is 2.05 bits per heavy atom. The molecule has 4 heteroatoms. The van der Waals surface area contributed by atoms with E-state index in [1.165, 1.54) is 19.3 Å². The van der Waals surface area contributed by atoms with E-state index in [1.54, 1.807) is 6.08 Å². The topological polar surface area (TPSA) is 44.8 Å². The van der Waals surface area contributed by atoms with Gasteiger partial charge in [0.25, 0.3) is 0 Å². The first kappa shape index (κ1) is 15.9. The van der Waals surface area contributed by atoms with E-state index in [0.29, 0.717) is 12.2 Å². The molecule has 4 nitrogen and oxygen atoms in total. The summed E-state index contributed by atoms with van der Waals surface area (Å²) < 4.78 is 15.8. The number of carbonyl (C=O) groups excluding carboxylic acids is 1. The van der Waals surface area contributed by atoms with E-state index in [0.717, 1.165) is 12.8 Å². The fourth-order valence-corrected chi connectivity index (χ4v) is 2.06. The minimum absolute atomic E-state index is 0.0833. The minimum atomic E-state index is -0.465. The van der Waals surface area contributed by atoms with E-state index in [1.807, 2.05) is 6.92 Å². The van der Waals surface area contributed by atoms with Gasteiger partial charge in [-0.2, -0.15) is 0 Å². The third-order valence-electron chi connectivity index (χ3n) is 3.21. The highest BCUT2D eigenvalue weighted by Crippen LogP contribution is 2.23. The molecular weight excluding hydrogens is 244 g/mol. The summed E-state index contributed by atoms with van der Waals surface area (Å²) in [5, 5.41) is 0. The van der Waals surface area contributed by atoms with Crippen molar-refractivity contribution in [2.24, 2.45) is 0 Å². The summed E-state index contributed by atoms with van der Waals surface area (Å²) in [6.07, 6.45) is 7.33. The third kappa shape index (κ3) is 6.03. The summed E-state index contributed by atoms with van der Waals surface area (Å²) in [5.74, 6) is -0.465. The number of carbonyl (C=O) groups is 1. The number of ether oxygens (including phenoxy) is 3. The first-order chi connectivity index (χ1) is 9.15. The first-order valence-corrected chi connectivity index (χ1v) is 6.85. The van der Waals surface area contributed by atoms with Crippen LogP contribution in [0.1, 0.15) is 39.0 Å². The summed E-state index contributed by atoms with van der Waals surface area (Å²) >= 11 is 0. The summed E-state index contributed by atoms with van der Waals surface area (Å²) in [7, 11) is 0. The molecule has 0 aromatic heterocycles. The second-order valence-electron chi connectivity index (χ2n) is 4.77. The van der Waals surface area contributed by atoms with Crippen LogP contribution in [0.3, 0.4) is 0 Å². The van der Waals surface area contributed by atoms with E-state index < -0.39 is 5.97 Å². The van der Waals surface area contributed by atoms with Gasteiger partial charge in [0, 0.05) is 0 Å². The Morgan fingerprint density at radius 3 is 2.68 bits per heavy atom. The molecule has 0 aromatic rings. The molecule has 1 aliphatic rings. The second kappa shape index (κ2) is 8.88. The molecule has 0 heterocycles. The van der Waals surface area contributed by atoms with Gasteiger partial charge in [0.05, 0.1) is 24.4 Å². The number of hydrogen-bond acceptors (Lipinski definition) is 4. The molecule has 1 atom stereocenters. The summed E-state index contributed by atoms with van der Waals surface area (Å²) in [5.41, 5.74) is 0.341. The zero-order chi connectivity index (χ0) is 14.1. The van der Waals surface area contributed by atoms with Crippen LogP contribution in [0.25, 0.3) is 0 Å². The van der Waals surface area contributed by atoms with Gasteiger partial charge in [0.1, 0.15) is 0 Å². The molecule has 0 aromatic carbocycles. The lowest BCUT2D eigenvalue weighted by atomic mass is 9.97. The van der Waals surface area contributed by atoms with Crippen molar-refractivity contribution < 1.29 is 19.0 Å². The van der Waals surface area contributed by atoms with Crippen LogP contribution in [0.4, 0.5) is 0 Å². The highest BCUT2D eigenvalue weighted by molar-refractivity contribution is 5.88. The van der Waals surface area contributed by atoms with Crippen LogP contribution in [0, 0.1) is 0 Å². The summed E-state index contributed by atoms with van der Waals surface area (Å²) in [6.45, 7) is 9.35. The quantitative estimate of drug-likeness (QED) is 0.223. The maximum atomic E-state index is 11.7. The molecule has 1 aliphatic carbocycles. The third-order valence-corrected chi connectivity index (χ3v) is 3.21. The standard InChI is InChI=1S/C15H24O4/c1-4-10-17-11-18-15(16)12(2)13(3)19-14-8-6-5-7-9-14/h4,13-14H,1-2,5-11H2,3H3. The predicted octanol–water partition coefficient (Wildman–Crippen LogP) is 2.98. The van der Waals surface area contributed by atoms with Gasteiger partial charge in [-0.25, -0.2) is 4.79 Å². The molecule has 0 bridgehead atoms. The van der Waals surface area contributed by atoms with Crippen molar-refractivity contribution in [2.75, 3.05) is 13.4 Å². The second-order valence-corrected chi connectivity index (χ2v) is 4.77. The maximum Gasteiger partial charge on any atom is 0.338 e. The van der Waals surface area contributed by atoms with E-state index in [-0.39, 0.29) is 19.0 Å². The molecule has 0 radical (unpaired) electrons. The number of rotatable bonds is 8. The molecule has 0 amide bonds. The summed E-state index contributed by atoms with van der Waals surface area (Å²) in [4.78, 5) is 11.7. The van der Waals surface area contributed by atoms with Crippen LogP contribution in [-0.2, 0) is 19.0 Å². The van der Waals surface area contributed by atoms with E-state index in [2.05, 4.69) is 13.2 Å². The molecule has 0 saturated heterocycles. The van der Waals surface area contributed by atoms with Crippen LogP contribution >= 0.6 is 0 Å². The Morgan fingerprint density at radius 1 is 1.37 bits per heavy atom. The first-order valence-electron chi connectivity index (χ1n) is 6.85. The highest BCUT2D eigenvalue weighted by atomic mass is 16.7. The molecule has 1 unspecified atom stereocenters. The zero-order valence-electron chi connectivity index (χ0n) is 11.7. The number of hydrogen-bond donors (Lipinski definition) is 0. The molecule has 0 N–H and O–H groups in total. The Hall–Kier alpha value is -1.13. The van der Waals surface area contributed by atoms with E-state index in [4.69, 9.17) is 14.2 Å². The van der Waals surface area contributed by atoms with Gasteiger partial charge >= 0.3 is 5.97 Å². The van der Waals surface area contributed by atoms with Gasteiger partial charge in [0.2, 0.25) is 0 Å². The van der Waals surface area contributed by atoms with E-state index >= 15 is 0 Å². The minimum Gasteiger partial charge on any atom is -0.435 e. The Bertz CT molecular complexity index is 305. The van der Waals surface area contributed by atoms with Crippen molar-refractivity contribution in [2.45, 2.75) is 51.2 Å². The lowest BCUT2D eigenvalue weighted by Gasteiger charge is -2.26. The van der Waals surface area contributed by atoms with Crippen LogP contribution in [0.5, 0.6) is 0 Å².